The van der Waals surface area contributed by atoms with E-state index in [2.05, 4.69) is 20.8 Å². The molecule has 0 amide bonds. The number of hydrogen-bond donors (Lipinski definition) is 0. The van der Waals surface area contributed by atoms with Crippen molar-refractivity contribution in [2.24, 2.45) is 17.8 Å². The number of ether oxygens (including phenoxy) is 1. The summed E-state index contributed by atoms with van der Waals surface area (Å²) in [6, 6.07) is 9.84. The Labute approximate surface area is 122 Å². The van der Waals surface area contributed by atoms with E-state index in [1.807, 2.05) is 30.3 Å². The van der Waals surface area contributed by atoms with Crippen LogP contribution in [0.5, 0.6) is 0 Å². The highest BCUT2D eigenvalue weighted by atomic mass is 16.5. The Morgan fingerprint density at radius 1 is 1.25 bits per heavy atom. The molecule has 2 nitrogen and oxygen atoms in total. The molecule has 0 aliphatic heterocycles. The Morgan fingerprint density at radius 3 is 2.60 bits per heavy atom. The minimum absolute atomic E-state index is 0.0825. The number of carbonyl (C=O) groups is 1. The van der Waals surface area contributed by atoms with E-state index in [0.29, 0.717) is 24.2 Å². The van der Waals surface area contributed by atoms with Crippen molar-refractivity contribution in [1.29, 1.82) is 0 Å². The van der Waals surface area contributed by atoms with Crippen molar-refractivity contribution in [2.75, 3.05) is 0 Å². The zero-order valence-corrected chi connectivity index (χ0v) is 12.8. The maximum atomic E-state index is 12.1. The lowest BCUT2D eigenvalue weighted by atomic mass is 9.75. The third kappa shape index (κ3) is 4.09. The monoisotopic (exact) mass is 274 g/mol. The van der Waals surface area contributed by atoms with E-state index >= 15 is 0 Å². The SMILES string of the molecule is CC(C)[C@H]1CC[C@H](C)C[C@@H]1OC(=O)Cc1ccccc1. The summed E-state index contributed by atoms with van der Waals surface area (Å²) in [5, 5.41) is 0. The largest absolute Gasteiger partial charge is 0.462 e. The van der Waals surface area contributed by atoms with Crippen molar-refractivity contribution in [3.05, 3.63) is 35.9 Å². The quantitative estimate of drug-likeness (QED) is 0.768. The topological polar surface area (TPSA) is 26.3 Å². The van der Waals surface area contributed by atoms with Crippen LogP contribution in [-0.2, 0) is 16.0 Å². The molecule has 0 unspecified atom stereocenters. The highest BCUT2D eigenvalue weighted by molar-refractivity contribution is 5.72. The average Bonchev–Trinajstić information content (AvgIpc) is 2.39. The maximum absolute atomic E-state index is 12.1. The van der Waals surface area contributed by atoms with Crippen molar-refractivity contribution < 1.29 is 9.53 Å². The smallest absolute Gasteiger partial charge is 0.310 e. The fourth-order valence-electron chi connectivity index (χ4n) is 3.22. The number of esters is 1. The molecule has 0 aromatic heterocycles. The van der Waals surface area contributed by atoms with Crippen LogP contribution in [0.25, 0.3) is 0 Å². The fraction of sp³-hybridized carbons (Fsp3) is 0.611. The van der Waals surface area contributed by atoms with Crippen LogP contribution in [0.3, 0.4) is 0 Å². The summed E-state index contributed by atoms with van der Waals surface area (Å²) < 4.78 is 5.80. The van der Waals surface area contributed by atoms with Crippen LogP contribution in [0, 0.1) is 17.8 Å². The number of benzene rings is 1. The number of rotatable bonds is 4. The van der Waals surface area contributed by atoms with Crippen LogP contribution in [0.1, 0.15) is 45.6 Å². The molecule has 1 aromatic rings. The van der Waals surface area contributed by atoms with E-state index in [0.717, 1.165) is 12.0 Å². The summed E-state index contributed by atoms with van der Waals surface area (Å²) >= 11 is 0. The Balaban J connectivity index is 1.94. The first kappa shape index (κ1) is 15.1. The second-order valence-electron chi connectivity index (χ2n) is 6.52. The first-order chi connectivity index (χ1) is 9.56. The molecule has 1 fully saturated rings. The van der Waals surface area contributed by atoms with Gasteiger partial charge in [0.05, 0.1) is 6.42 Å². The van der Waals surface area contributed by atoms with Crippen molar-refractivity contribution in [3.63, 3.8) is 0 Å². The van der Waals surface area contributed by atoms with Gasteiger partial charge in [-0.15, -0.1) is 0 Å². The summed E-state index contributed by atoms with van der Waals surface area (Å²) in [6.45, 7) is 6.73. The fourth-order valence-corrected chi connectivity index (χ4v) is 3.22. The van der Waals surface area contributed by atoms with Gasteiger partial charge in [-0.3, -0.25) is 4.79 Å². The number of carbonyl (C=O) groups excluding carboxylic acids is 1. The van der Waals surface area contributed by atoms with Gasteiger partial charge < -0.3 is 4.74 Å². The maximum Gasteiger partial charge on any atom is 0.310 e. The highest BCUT2D eigenvalue weighted by Crippen LogP contribution is 2.35. The van der Waals surface area contributed by atoms with Gasteiger partial charge in [0.15, 0.2) is 0 Å². The van der Waals surface area contributed by atoms with Crippen LogP contribution >= 0.6 is 0 Å². The van der Waals surface area contributed by atoms with Gasteiger partial charge in [-0.25, -0.2) is 0 Å². The minimum Gasteiger partial charge on any atom is -0.462 e. The third-order valence-electron chi connectivity index (χ3n) is 4.44. The molecule has 3 atom stereocenters. The Morgan fingerprint density at radius 2 is 1.95 bits per heavy atom. The average molecular weight is 274 g/mol. The van der Waals surface area contributed by atoms with Crippen LogP contribution in [-0.4, -0.2) is 12.1 Å². The Kier molecular flexibility index (Phi) is 5.22. The summed E-state index contributed by atoms with van der Waals surface area (Å²) in [7, 11) is 0. The predicted molar refractivity (Wildman–Crippen MR) is 81.4 cm³/mol. The Hall–Kier alpha value is -1.31. The Bertz CT molecular complexity index is 424. The van der Waals surface area contributed by atoms with Crippen LogP contribution in [0.4, 0.5) is 0 Å². The van der Waals surface area contributed by atoms with Gasteiger partial charge in [0.1, 0.15) is 6.10 Å². The zero-order valence-electron chi connectivity index (χ0n) is 12.8. The molecule has 1 aromatic carbocycles. The number of hydrogen-bond acceptors (Lipinski definition) is 2. The van der Waals surface area contributed by atoms with Gasteiger partial charge in [0.2, 0.25) is 0 Å². The van der Waals surface area contributed by atoms with E-state index in [1.54, 1.807) is 0 Å². The van der Waals surface area contributed by atoms with Crippen LogP contribution in [0.2, 0.25) is 0 Å². The molecule has 0 saturated heterocycles. The second kappa shape index (κ2) is 6.92. The molecule has 20 heavy (non-hydrogen) atoms. The molecule has 1 saturated carbocycles. The molecule has 0 spiro atoms. The second-order valence-corrected chi connectivity index (χ2v) is 6.52. The molecule has 2 rings (SSSR count). The molecule has 0 bridgehead atoms. The molecular weight excluding hydrogens is 248 g/mol. The van der Waals surface area contributed by atoms with Gasteiger partial charge in [0, 0.05) is 0 Å². The molecular formula is C18H26O2. The van der Waals surface area contributed by atoms with E-state index in [1.165, 1.54) is 12.8 Å². The van der Waals surface area contributed by atoms with E-state index < -0.39 is 0 Å². The highest BCUT2D eigenvalue weighted by Gasteiger charge is 2.33. The standard InChI is InChI=1S/C18H26O2/c1-13(2)16-10-9-14(3)11-17(16)20-18(19)12-15-7-5-4-6-8-15/h4-8,13-14,16-17H,9-12H2,1-3H3/t14-,16+,17-/m0/s1. The first-order valence-electron chi connectivity index (χ1n) is 7.79. The van der Waals surface area contributed by atoms with Gasteiger partial charge in [0.25, 0.3) is 0 Å². The van der Waals surface area contributed by atoms with Crippen molar-refractivity contribution in [2.45, 2.75) is 52.6 Å². The van der Waals surface area contributed by atoms with E-state index in [4.69, 9.17) is 4.74 Å². The zero-order chi connectivity index (χ0) is 14.5. The summed E-state index contributed by atoms with van der Waals surface area (Å²) in [4.78, 5) is 12.1. The molecule has 1 aliphatic carbocycles. The predicted octanol–water partition coefficient (Wildman–Crippen LogP) is 4.23. The first-order valence-corrected chi connectivity index (χ1v) is 7.79. The van der Waals surface area contributed by atoms with E-state index in [9.17, 15) is 4.79 Å². The van der Waals surface area contributed by atoms with Gasteiger partial charge in [-0.2, -0.15) is 0 Å². The van der Waals surface area contributed by atoms with Crippen LogP contribution in [0.15, 0.2) is 30.3 Å². The lowest BCUT2D eigenvalue weighted by molar-refractivity contribution is -0.155. The molecule has 2 heteroatoms. The van der Waals surface area contributed by atoms with Gasteiger partial charge in [-0.1, -0.05) is 57.5 Å². The molecule has 0 radical (unpaired) electrons. The van der Waals surface area contributed by atoms with E-state index in [-0.39, 0.29) is 12.1 Å². The van der Waals surface area contributed by atoms with Crippen molar-refractivity contribution >= 4 is 5.97 Å². The van der Waals surface area contributed by atoms with Gasteiger partial charge in [-0.05, 0) is 36.2 Å². The van der Waals surface area contributed by atoms with Crippen LogP contribution < -0.4 is 0 Å². The van der Waals surface area contributed by atoms with Crippen molar-refractivity contribution in [3.8, 4) is 0 Å². The molecule has 110 valence electrons. The molecule has 0 N–H and O–H groups in total. The lowest BCUT2D eigenvalue weighted by Crippen LogP contribution is -2.36. The van der Waals surface area contributed by atoms with Gasteiger partial charge >= 0.3 is 5.97 Å². The molecule has 0 heterocycles. The third-order valence-corrected chi connectivity index (χ3v) is 4.44. The lowest BCUT2D eigenvalue weighted by Gasteiger charge is -2.36. The minimum atomic E-state index is -0.0825. The van der Waals surface area contributed by atoms with Crippen molar-refractivity contribution in [1.82, 2.24) is 0 Å². The summed E-state index contributed by atoms with van der Waals surface area (Å²) in [5.41, 5.74) is 1.03. The summed E-state index contributed by atoms with van der Waals surface area (Å²) in [5.74, 6) is 1.68. The summed E-state index contributed by atoms with van der Waals surface area (Å²) in [6.07, 6.45) is 3.95. The normalized spacial score (nSPS) is 26.5. The molecule has 1 aliphatic rings.